The minimum Gasteiger partial charge on any atom is -0.399 e. The highest BCUT2D eigenvalue weighted by atomic mass is 14.7. The maximum Gasteiger partial charge on any atom is 0.0363 e. The third-order valence-electron chi connectivity index (χ3n) is 1.81. The summed E-state index contributed by atoms with van der Waals surface area (Å²) in [7, 11) is 0. The highest BCUT2D eigenvalue weighted by Gasteiger charge is 2.00. The summed E-state index contributed by atoms with van der Waals surface area (Å²) in [6.45, 7) is 7.69. The predicted molar refractivity (Wildman–Crippen MR) is 46.9 cm³/mol. The molecular weight excluding hydrogens is 136 g/mol. The molecule has 0 aliphatic rings. The quantitative estimate of drug-likeness (QED) is 0.657. The van der Waals surface area contributed by atoms with Gasteiger partial charge in [0.25, 0.3) is 0 Å². The van der Waals surface area contributed by atoms with Crippen molar-refractivity contribution in [3.05, 3.63) is 35.7 Å². The normalized spacial score (nSPS) is 9.64. The zero-order valence-electron chi connectivity index (χ0n) is 6.89. The zero-order valence-corrected chi connectivity index (χ0v) is 6.89. The summed E-state index contributed by atoms with van der Waals surface area (Å²) in [5.74, 6) is 0. The standard InChI is InChI=1S/C9H12N2/c1-6-4-11-5-9(7(6)2)8(3)10/h4-5H,3,10H2,1-2H3. The number of hydrogen-bond acceptors (Lipinski definition) is 2. The first-order valence-electron chi connectivity index (χ1n) is 3.49. The summed E-state index contributed by atoms with van der Waals surface area (Å²) in [5, 5.41) is 0. The Kier molecular flexibility index (Phi) is 1.94. The van der Waals surface area contributed by atoms with Crippen molar-refractivity contribution in [1.82, 2.24) is 4.98 Å². The van der Waals surface area contributed by atoms with E-state index >= 15 is 0 Å². The molecule has 0 saturated heterocycles. The number of hydrogen-bond donors (Lipinski definition) is 1. The van der Waals surface area contributed by atoms with Crippen LogP contribution in [0.25, 0.3) is 5.70 Å². The van der Waals surface area contributed by atoms with Crippen molar-refractivity contribution < 1.29 is 0 Å². The van der Waals surface area contributed by atoms with Gasteiger partial charge in [-0.2, -0.15) is 0 Å². The number of aryl methyl sites for hydroxylation is 1. The molecular formula is C9H12N2. The maximum absolute atomic E-state index is 5.55. The molecule has 1 aromatic heterocycles. The summed E-state index contributed by atoms with van der Waals surface area (Å²) in [4.78, 5) is 4.03. The molecule has 1 aromatic rings. The van der Waals surface area contributed by atoms with E-state index in [-0.39, 0.29) is 0 Å². The van der Waals surface area contributed by atoms with Crippen LogP contribution in [-0.2, 0) is 0 Å². The molecule has 1 rings (SSSR count). The van der Waals surface area contributed by atoms with E-state index in [1.807, 2.05) is 20.0 Å². The van der Waals surface area contributed by atoms with Gasteiger partial charge in [0.2, 0.25) is 0 Å². The lowest BCUT2D eigenvalue weighted by Gasteiger charge is -2.05. The van der Waals surface area contributed by atoms with E-state index in [0.717, 1.165) is 16.7 Å². The largest absolute Gasteiger partial charge is 0.399 e. The lowest BCUT2D eigenvalue weighted by Crippen LogP contribution is -1.99. The molecule has 58 valence electrons. The molecule has 0 radical (unpaired) electrons. The minimum absolute atomic E-state index is 0.582. The summed E-state index contributed by atoms with van der Waals surface area (Å²) in [6.07, 6.45) is 3.56. The van der Waals surface area contributed by atoms with Crippen molar-refractivity contribution in [3.8, 4) is 0 Å². The van der Waals surface area contributed by atoms with Crippen molar-refractivity contribution in [2.45, 2.75) is 13.8 Å². The Morgan fingerprint density at radius 3 is 2.55 bits per heavy atom. The van der Waals surface area contributed by atoms with E-state index in [1.54, 1.807) is 6.20 Å². The Hall–Kier alpha value is -1.31. The Labute approximate surface area is 66.8 Å². The minimum atomic E-state index is 0.582. The number of nitrogens with two attached hydrogens (primary N) is 1. The van der Waals surface area contributed by atoms with Gasteiger partial charge in [-0.1, -0.05) is 6.58 Å². The second kappa shape index (κ2) is 2.74. The topological polar surface area (TPSA) is 38.9 Å². The third kappa shape index (κ3) is 1.40. The van der Waals surface area contributed by atoms with Crippen LogP contribution in [0.5, 0.6) is 0 Å². The van der Waals surface area contributed by atoms with Crippen molar-refractivity contribution in [3.63, 3.8) is 0 Å². The lowest BCUT2D eigenvalue weighted by atomic mass is 10.1. The highest BCUT2D eigenvalue weighted by Crippen LogP contribution is 2.14. The van der Waals surface area contributed by atoms with Crippen molar-refractivity contribution in [1.29, 1.82) is 0 Å². The van der Waals surface area contributed by atoms with Crippen LogP contribution in [0.2, 0.25) is 0 Å². The highest BCUT2D eigenvalue weighted by molar-refractivity contribution is 5.63. The Morgan fingerprint density at radius 2 is 2.09 bits per heavy atom. The fourth-order valence-corrected chi connectivity index (χ4v) is 0.953. The molecule has 0 aromatic carbocycles. The molecule has 0 bridgehead atoms. The van der Waals surface area contributed by atoms with Gasteiger partial charge >= 0.3 is 0 Å². The summed E-state index contributed by atoms with van der Waals surface area (Å²) in [6, 6.07) is 0. The Morgan fingerprint density at radius 1 is 1.45 bits per heavy atom. The maximum atomic E-state index is 5.55. The van der Waals surface area contributed by atoms with Gasteiger partial charge in [0.1, 0.15) is 0 Å². The molecule has 0 aliphatic carbocycles. The average molecular weight is 148 g/mol. The van der Waals surface area contributed by atoms with Gasteiger partial charge in [-0.25, -0.2) is 0 Å². The van der Waals surface area contributed by atoms with Crippen molar-refractivity contribution in [2.24, 2.45) is 5.73 Å². The van der Waals surface area contributed by atoms with Crippen LogP contribution < -0.4 is 5.73 Å². The molecule has 0 fully saturated rings. The molecule has 0 unspecified atom stereocenters. The summed E-state index contributed by atoms with van der Waals surface area (Å²) in [5.41, 5.74) is 9.39. The van der Waals surface area contributed by atoms with Crippen LogP contribution in [0.15, 0.2) is 19.0 Å². The summed E-state index contributed by atoms with van der Waals surface area (Å²) < 4.78 is 0. The predicted octanol–water partition coefficient (Wildman–Crippen LogP) is 1.63. The zero-order chi connectivity index (χ0) is 8.43. The SMILES string of the molecule is C=C(N)c1cncc(C)c1C. The molecule has 2 heteroatoms. The van der Waals surface area contributed by atoms with Crippen molar-refractivity contribution >= 4 is 5.70 Å². The molecule has 0 aliphatic heterocycles. The molecule has 2 nitrogen and oxygen atoms in total. The molecule has 1 heterocycles. The van der Waals surface area contributed by atoms with E-state index in [4.69, 9.17) is 5.73 Å². The van der Waals surface area contributed by atoms with Gasteiger partial charge < -0.3 is 5.73 Å². The Balaban J connectivity index is 3.27. The van der Waals surface area contributed by atoms with Gasteiger partial charge in [-0.15, -0.1) is 0 Å². The smallest absolute Gasteiger partial charge is 0.0363 e. The van der Waals surface area contributed by atoms with Crippen LogP contribution in [0.4, 0.5) is 0 Å². The average Bonchev–Trinajstić information content (AvgIpc) is 1.94. The van der Waals surface area contributed by atoms with E-state index in [9.17, 15) is 0 Å². The van der Waals surface area contributed by atoms with E-state index in [0.29, 0.717) is 5.70 Å². The first-order chi connectivity index (χ1) is 5.13. The molecule has 2 N–H and O–H groups in total. The van der Waals surface area contributed by atoms with Gasteiger partial charge in [0.05, 0.1) is 0 Å². The van der Waals surface area contributed by atoms with E-state index < -0.39 is 0 Å². The van der Waals surface area contributed by atoms with Crippen LogP contribution in [-0.4, -0.2) is 4.98 Å². The fourth-order valence-electron chi connectivity index (χ4n) is 0.953. The van der Waals surface area contributed by atoms with Crippen LogP contribution in [0, 0.1) is 13.8 Å². The van der Waals surface area contributed by atoms with Gasteiger partial charge in [-0.05, 0) is 25.0 Å². The number of pyridine rings is 1. The number of rotatable bonds is 1. The molecule has 0 spiro atoms. The fraction of sp³-hybridized carbons (Fsp3) is 0.222. The van der Waals surface area contributed by atoms with Crippen LogP contribution >= 0.6 is 0 Å². The summed E-state index contributed by atoms with van der Waals surface area (Å²) >= 11 is 0. The van der Waals surface area contributed by atoms with Crippen molar-refractivity contribution in [2.75, 3.05) is 0 Å². The van der Waals surface area contributed by atoms with Gasteiger partial charge in [0, 0.05) is 23.7 Å². The first kappa shape index (κ1) is 7.79. The molecule has 0 amide bonds. The number of aromatic nitrogens is 1. The Bertz CT molecular complexity index is 290. The van der Waals surface area contributed by atoms with Crippen LogP contribution in [0.3, 0.4) is 0 Å². The first-order valence-corrected chi connectivity index (χ1v) is 3.49. The number of nitrogens with zero attached hydrogens (tertiary/aromatic N) is 1. The second-order valence-corrected chi connectivity index (χ2v) is 2.65. The lowest BCUT2D eigenvalue weighted by molar-refractivity contribution is 1.19. The second-order valence-electron chi connectivity index (χ2n) is 2.65. The molecule has 0 atom stereocenters. The third-order valence-corrected chi connectivity index (χ3v) is 1.81. The van der Waals surface area contributed by atoms with E-state index in [2.05, 4.69) is 11.6 Å². The molecule has 11 heavy (non-hydrogen) atoms. The molecule has 0 saturated carbocycles. The monoisotopic (exact) mass is 148 g/mol. The van der Waals surface area contributed by atoms with Gasteiger partial charge in [0.15, 0.2) is 0 Å². The van der Waals surface area contributed by atoms with Gasteiger partial charge in [-0.3, -0.25) is 4.98 Å². The van der Waals surface area contributed by atoms with Crippen LogP contribution in [0.1, 0.15) is 16.7 Å². The van der Waals surface area contributed by atoms with E-state index in [1.165, 1.54) is 0 Å².